The maximum absolute atomic E-state index is 12.3. The second kappa shape index (κ2) is 6.81. The third kappa shape index (κ3) is 3.70. The molecule has 1 unspecified atom stereocenters. The number of aliphatic carboxylic acids is 1. The highest BCUT2D eigenvalue weighted by Gasteiger charge is 2.42. The molecule has 0 spiro atoms. The zero-order chi connectivity index (χ0) is 17.0. The highest BCUT2D eigenvalue weighted by molar-refractivity contribution is 5.98. The predicted molar refractivity (Wildman–Crippen MR) is 86.2 cm³/mol. The van der Waals surface area contributed by atoms with Crippen molar-refractivity contribution in [1.82, 2.24) is 5.32 Å². The molecule has 1 aliphatic rings. The Morgan fingerprint density at radius 2 is 1.83 bits per heavy atom. The van der Waals surface area contributed by atoms with Crippen LogP contribution in [0.25, 0.3) is 0 Å². The van der Waals surface area contributed by atoms with Crippen LogP contribution >= 0.6 is 0 Å². The zero-order valence-corrected chi connectivity index (χ0v) is 13.4. The lowest BCUT2D eigenvalue weighted by molar-refractivity contribution is -0.138. The van der Waals surface area contributed by atoms with Gasteiger partial charge in [0.1, 0.15) is 6.04 Å². The Morgan fingerprint density at radius 1 is 1.22 bits per heavy atom. The minimum Gasteiger partial charge on any atom is -0.480 e. The van der Waals surface area contributed by atoms with Crippen LogP contribution < -0.4 is 10.6 Å². The zero-order valence-electron chi connectivity index (χ0n) is 13.4. The van der Waals surface area contributed by atoms with Crippen molar-refractivity contribution in [3.63, 3.8) is 0 Å². The molecular weight excluding hydrogens is 296 g/mol. The number of carboxylic acid groups (broad SMARTS) is 1. The fraction of sp³-hybridized carbons (Fsp3) is 0.471. The Kier molecular flexibility index (Phi) is 5.03. The van der Waals surface area contributed by atoms with E-state index in [2.05, 4.69) is 10.6 Å². The van der Waals surface area contributed by atoms with E-state index in [1.165, 1.54) is 6.92 Å². The van der Waals surface area contributed by atoms with Crippen LogP contribution in [0.15, 0.2) is 24.3 Å². The number of carbonyl (C=O) groups is 3. The lowest BCUT2D eigenvalue weighted by Crippen LogP contribution is -2.41. The number of nitrogens with one attached hydrogen (secondary N) is 2. The molecule has 1 aromatic carbocycles. The van der Waals surface area contributed by atoms with Gasteiger partial charge in [-0.1, -0.05) is 13.3 Å². The average molecular weight is 318 g/mol. The van der Waals surface area contributed by atoms with Crippen LogP contribution in [0.5, 0.6) is 0 Å². The number of hydrogen-bond donors (Lipinski definition) is 3. The SMILES string of the molecule is CCC1(C(=O)Nc2ccc(C(=O)NC(C)C(=O)O)cc2)CCC1. The molecule has 6 heteroatoms. The van der Waals surface area contributed by atoms with Crippen molar-refractivity contribution in [2.24, 2.45) is 5.41 Å². The van der Waals surface area contributed by atoms with Gasteiger partial charge in [-0.3, -0.25) is 14.4 Å². The van der Waals surface area contributed by atoms with Crippen molar-refractivity contribution in [2.45, 2.75) is 45.6 Å². The smallest absolute Gasteiger partial charge is 0.325 e. The second-order valence-electron chi connectivity index (χ2n) is 6.05. The summed E-state index contributed by atoms with van der Waals surface area (Å²) in [6.07, 6.45) is 3.75. The Morgan fingerprint density at radius 3 is 2.26 bits per heavy atom. The first-order chi connectivity index (χ1) is 10.9. The summed E-state index contributed by atoms with van der Waals surface area (Å²) in [6.45, 7) is 3.42. The summed E-state index contributed by atoms with van der Waals surface area (Å²) in [6, 6.07) is 5.49. The maximum atomic E-state index is 12.3. The lowest BCUT2D eigenvalue weighted by atomic mass is 9.66. The minimum atomic E-state index is -1.09. The number of anilines is 1. The van der Waals surface area contributed by atoms with Gasteiger partial charge in [-0.2, -0.15) is 0 Å². The van der Waals surface area contributed by atoms with Gasteiger partial charge in [0.25, 0.3) is 5.91 Å². The Bertz CT molecular complexity index is 600. The molecule has 1 atom stereocenters. The van der Waals surface area contributed by atoms with Gasteiger partial charge < -0.3 is 15.7 Å². The third-order valence-electron chi connectivity index (χ3n) is 4.59. The standard InChI is InChI=1S/C17H22N2O4/c1-3-17(9-4-10-17)16(23)19-13-7-5-12(6-8-13)14(20)18-11(2)15(21)22/h5-8,11H,3-4,9-10H2,1-2H3,(H,18,20)(H,19,23)(H,21,22). The van der Waals surface area contributed by atoms with Gasteiger partial charge in [0.05, 0.1) is 0 Å². The van der Waals surface area contributed by atoms with Crippen molar-refractivity contribution >= 4 is 23.5 Å². The van der Waals surface area contributed by atoms with E-state index in [9.17, 15) is 14.4 Å². The summed E-state index contributed by atoms with van der Waals surface area (Å²) >= 11 is 0. The molecule has 1 aliphatic carbocycles. The molecule has 124 valence electrons. The van der Waals surface area contributed by atoms with Gasteiger partial charge in [-0.15, -0.1) is 0 Å². The first-order valence-electron chi connectivity index (χ1n) is 7.83. The van der Waals surface area contributed by atoms with Crippen LogP contribution in [0, 0.1) is 5.41 Å². The van der Waals surface area contributed by atoms with E-state index in [-0.39, 0.29) is 11.3 Å². The van der Waals surface area contributed by atoms with Crippen molar-refractivity contribution in [2.75, 3.05) is 5.32 Å². The normalized spacial score (nSPS) is 16.8. The molecule has 0 radical (unpaired) electrons. The summed E-state index contributed by atoms with van der Waals surface area (Å²) in [5, 5.41) is 14.1. The van der Waals surface area contributed by atoms with E-state index >= 15 is 0 Å². The number of carboxylic acids is 1. The number of rotatable bonds is 6. The molecule has 6 nitrogen and oxygen atoms in total. The molecule has 1 saturated carbocycles. The van der Waals surface area contributed by atoms with Crippen LogP contribution in [0.1, 0.15) is 49.9 Å². The average Bonchev–Trinajstić information content (AvgIpc) is 2.47. The molecule has 0 saturated heterocycles. The fourth-order valence-electron chi connectivity index (χ4n) is 2.66. The second-order valence-corrected chi connectivity index (χ2v) is 6.05. The Hall–Kier alpha value is -2.37. The van der Waals surface area contributed by atoms with Crippen LogP contribution in [0.4, 0.5) is 5.69 Å². The summed E-state index contributed by atoms with van der Waals surface area (Å²) in [7, 11) is 0. The number of hydrogen-bond acceptors (Lipinski definition) is 3. The topological polar surface area (TPSA) is 95.5 Å². The van der Waals surface area contributed by atoms with Gasteiger partial charge in [0.2, 0.25) is 5.91 Å². The quantitative estimate of drug-likeness (QED) is 0.750. The van der Waals surface area contributed by atoms with Crippen molar-refractivity contribution in [1.29, 1.82) is 0 Å². The third-order valence-corrected chi connectivity index (χ3v) is 4.59. The molecule has 1 aromatic rings. The monoisotopic (exact) mass is 318 g/mol. The minimum absolute atomic E-state index is 0.0305. The molecule has 1 fully saturated rings. The van der Waals surface area contributed by atoms with Crippen LogP contribution in [0.2, 0.25) is 0 Å². The van der Waals surface area contributed by atoms with Crippen LogP contribution in [-0.2, 0) is 9.59 Å². The molecule has 3 N–H and O–H groups in total. The fourth-order valence-corrected chi connectivity index (χ4v) is 2.66. The summed E-state index contributed by atoms with van der Waals surface area (Å²) in [4.78, 5) is 35.0. The van der Waals surface area contributed by atoms with E-state index < -0.39 is 17.9 Å². The van der Waals surface area contributed by atoms with Gasteiger partial charge in [0.15, 0.2) is 0 Å². The molecule has 0 heterocycles. The predicted octanol–water partition coefficient (Wildman–Crippen LogP) is 2.41. The van der Waals surface area contributed by atoms with E-state index in [4.69, 9.17) is 5.11 Å². The summed E-state index contributed by atoms with van der Waals surface area (Å²) < 4.78 is 0. The first-order valence-corrected chi connectivity index (χ1v) is 7.83. The van der Waals surface area contributed by atoms with Gasteiger partial charge in [-0.05, 0) is 50.5 Å². The van der Waals surface area contributed by atoms with Crippen molar-refractivity contribution in [3.05, 3.63) is 29.8 Å². The number of carbonyl (C=O) groups excluding carboxylic acids is 2. The van der Waals surface area contributed by atoms with Gasteiger partial charge >= 0.3 is 5.97 Å². The molecule has 0 bridgehead atoms. The van der Waals surface area contributed by atoms with Gasteiger partial charge in [-0.25, -0.2) is 0 Å². The molecule has 0 aromatic heterocycles. The van der Waals surface area contributed by atoms with Crippen LogP contribution in [0.3, 0.4) is 0 Å². The summed E-state index contributed by atoms with van der Waals surface area (Å²) in [5.74, 6) is -1.52. The van der Waals surface area contributed by atoms with Crippen LogP contribution in [-0.4, -0.2) is 28.9 Å². The van der Waals surface area contributed by atoms with E-state index in [1.807, 2.05) is 6.92 Å². The van der Waals surface area contributed by atoms with Gasteiger partial charge in [0, 0.05) is 16.7 Å². The molecule has 0 aliphatic heterocycles. The highest BCUT2D eigenvalue weighted by Crippen LogP contribution is 2.44. The van der Waals surface area contributed by atoms with Crippen molar-refractivity contribution < 1.29 is 19.5 Å². The van der Waals surface area contributed by atoms with E-state index in [1.54, 1.807) is 24.3 Å². The van der Waals surface area contributed by atoms with E-state index in [0.717, 1.165) is 25.7 Å². The highest BCUT2D eigenvalue weighted by atomic mass is 16.4. The molecule has 2 amide bonds. The first kappa shape index (κ1) is 17.0. The largest absolute Gasteiger partial charge is 0.480 e. The maximum Gasteiger partial charge on any atom is 0.325 e. The molecule has 23 heavy (non-hydrogen) atoms. The molecule has 2 rings (SSSR count). The summed E-state index contributed by atoms with van der Waals surface area (Å²) in [5.41, 5.74) is 0.745. The Labute approximate surface area is 135 Å². The number of benzene rings is 1. The molecular formula is C17H22N2O4. The lowest BCUT2D eigenvalue weighted by Gasteiger charge is -2.39. The van der Waals surface area contributed by atoms with Crippen molar-refractivity contribution in [3.8, 4) is 0 Å². The Balaban J connectivity index is 1.98. The number of amides is 2. The van der Waals surface area contributed by atoms with E-state index in [0.29, 0.717) is 11.3 Å².